The molecule has 4 aliphatic carbocycles. The highest BCUT2D eigenvalue weighted by molar-refractivity contribution is 5.27. The maximum Gasteiger partial charge on any atom is 0.114 e. The Morgan fingerprint density at radius 1 is 0.750 bits per heavy atom. The van der Waals surface area contributed by atoms with Crippen LogP contribution in [0.25, 0.3) is 0 Å². The van der Waals surface area contributed by atoms with Crippen molar-refractivity contribution in [3.63, 3.8) is 0 Å². The van der Waals surface area contributed by atoms with E-state index in [4.69, 9.17) is 8.83 Å². The zero-order valence-electron chi connectivity index (χ0n) is 14.4. The zero-order valence-corrected chi connectivity index (χ0v) is 14.4. The Bertz CT molecular complexity index is 696. The number of rotatable bonds is 6. The largest absolute Gasteiger partial charge is 0.465 e. The van der Waals surface area contributed by atoms with Crippen molar-refractivity contribution in [2.45, 2.75) is 63.2 Å². The van der Waals surface area contributed by atoms with Crippen molar-refractivity contribution in [2.24, 2.45) is 23.7 Å². The van der Waals surface area contributed by atoms with E-state index in [-0.39, 0.29) is 5.92 Å². The van der Waals surface area contributed by atoms with Crippen LogP contribution in [-0.4, -0.2) is 0 Å². The normalized spacial score (nSPS) is 34.8. The Balaban J connectivity index is 1.16. The van der Waals surface area contributed by atoms with E-state index < -0.39 is 0 Å². The molecule has 4 aliphatic rings. The molecule has 2 heterocycles. The molecule has 2 heteroatoms. The van der Waals surface area contributed by atoms with Crippen molar-refractivity contribution in [3.05, 3.63) is 47.3 Å². The standard InChI is InChI=1S/C22H26O2/c1-12(19-6-8-21(23-19)17-10-15(17)13-2-3-13)20-7-9-22(24-20)18-11-16(18)14-4-5-14/h6-9,12-18H,2-5,10-11H2,1H3/t15-,16-,17+,18+/m0/s1. The van der Waals surface area contributed by atoms with E-state index in [1.54, 1.807) is 0 Å². The van der Waals surface area contributed by atoms with Gasteiger partial charge in [0.2, 0.25) is 0 Å². The predicted octanol–water partition coefficient (Wildman–Crippen LogP) is 6.05. The molecule has 0 radical (unpaired) electrons. The van der Waals surface area contributed by atoms with E-state index in [1.165, 1.54) is 50.0 Å². The van der Waals surface area contributed by atoms with Crippen molar-refractivity contribution >= 4 is 0 Å². The maximum atomic E-state index is 6.23. The van der Waals surface area contributed by atoms with Gasteiger partial charge in [-0.25, -0.2) is 0 Å². The highest BCUT2D eigenvalue weighted by Crippen LogP contribution is 2.60. The molecule has 2 nitrogen and oxygen atoms in total. The quantitative estimate of drug-likeness (QED) is 0.647. The van der Waals surface area contributed by atoms with Gasteiger partial charge in [-0.3, -0.25) is 0 Å². The van der Waals surface area contributed by atoms with Crippen molar-refractivity contribution in [1.29, 1.82) is 0 Å². The molecule has 2 aromatic heterocycles. The van der Waals surface area contributed by atoms with Gasteiger partial charge in [0.25, 0.3) is 0 Å². The molecule has 0 unspecified atom stereocenters. The monoisotopic (exact) mass is 322 g/mol. The van der Waals surface area contributed by atoms with Crippen LogP contribution in [0.1, 0.15) is 86.2 Å². The second-order valence-corrected chi connectivity index (χ2v) is 8.89. The van der Waals surface area contributed by atoms with Crippen LogP contribution < -0.4 is 0 Å². The maximum absolute atomic E-state index is 6.23. The topological polar surface area (TPSA) is 26.3 Å². The summed E-state index contributed by atoms with van der Waals surface area (Å²) in [7, 11) is 0. The van der Waals surface area contributed by atoms with Gasteiger partial charge in [-0.15, -0.1) is 0 Å². The van der Waals surface area contributed by atoms with Gasteiger partial charge >= 0.3 is 0 Å². The molecule has 0 amide bonds. The Labute approximate surface area is 143 Å². The van der Waals surface area contributed by atoms with Gasteiger partial charge in [0.05, 0.1) is 5.92 Å². The van der Waals surface area contributed by atoms with Crippen molar-refractivity contribution in [3.8, 4) is 0 Å². The molecule has 4 fully saturated rings. The SMILES string of the molecule is CC(c1ccc([C@@H]2C[C@H]2C2CC2)o1)c1ccc([C@@H]2C[C@H]2C2CC2)o1. The minimum absolute atomic E-state index is 0.226. The first-order valence-corrected chi connectivity index (χ1v) is 9.97. The molecule has 2 aromatic rings. The molecule has 0 N–H and O–H groups in total. The molecular weight excluding hydrogens is 296 g/mol. The van der Waals surface area contributed by atoms with Crippen molar-refractivity contribution in [1.82, 2.24) is 0 Å². The Morgan fingerprint density at radius 2 is 1.21 bits per heavy atom. The first kappa shape index (κ1) is 13.8. The average Bonchev–Trinajstić information content (AvgIpc) is 3.41. The zero-order chi connectivity index (χ0) is 15.8. The summed E-state index contributed by atoms with van der Waals surface area (Å²) in [5.41, 5.74) is 0. The van der Waals surface area contributed by atoms with Gasteiger partial charge < -0.3 is 8.83 Å². The van der Waals surface area contributed by atoms with E-state index in [0.717, 1.165) is 35.2 Å². The fraction of sp³-hybridized carbons (Fsp3) is 0.636. The van der Waals surface area contributed by atoms with Crippen molar-refractivity contribution < 1.29 is 8.83 Å². The summed E-state index contributed by atoms with van der Waals surface area (Å²) in [6.07, 6.45) is 8.49. The highest BCUT2D eigenvalue weighted by atomic mass is 16.4. The van der Waals surface area contributed by atoms with E-state index in [1.807, 2.05) is 0 Å². The van der Waals surface area contributed by atoms with E-state index >= 15 is 0 Å². The molecular formula is C22H26O2. The molecule has 6 rings (SSSR count). The lowest BCUT2D eigenvalue weighted by Gasteiger charge is -2.05. The molecule has 0 bridgehead atoms. The van der Waals surface area contributed by atoms with Crippen LogP contribution in [0.3, 0.4) is 0 Å². The molecule has 0 aromatic carbocycles. The molecule has 126 valence electrons. The minimum atomic E-state index is 0.226. The molecule has 4 saturated carbocycles. The van der Waals surface area contributed by atoms with Gasteiger partial charge in [-0.1, -0.05) is 0 Å². The second-order valence-electron chi connectivity index (χ2n) is 8.89. The lowest BCUT2D eigenvalue weighted by molar-refractivity contribution is 0.400. The Kier molecular flexibility index (Phi) is 2.76. The second kappa shape index (κ2) is 4.80. The summed E-state index contributed by atoms with van der Waals surface area (Å²) in [6, 6.07) is 8.78. The Hall–Kier alpha value is -1.44. The predicted molar refractivity (Wildman–Crippen MR) is 92.1 cm³/mol. The van der Waals surface area contributed by atoms with E-state index in [9.17, 15) is 0 Å². The van der Waals surface area contributed by atoms with Crippen LogP contribution in [-0.2, 0) is 0 Å². The number of furan rings is 2. The van der Waals surface area contributed by atoms with Crippen LogP contribution in [0.2, 0.25) is 0 Å². The van der Waals surface area contributed by atoms with Gasteiger partial charge in [0, 0.05) is 11.8 Å². The van der Waals surface area contributed by atoms with Gasteiger partial charge in [0.15, 0.2) is 0 Å². The molecule has 0 aliphatic heterocycles. The van der Waals surface area contributed by atoms with Crippen LogP contribution in [0.5, 0.6) is 0 Å². The van der Waals surface area contributed by atoms with Crippen LogP contribution in [0.4, 0.5) is 0 Å². The van der Waals surface area contributed by atoms with Crippen LogP contribution in [0, 0.1) is 23.7 Å². The average molecular weight is 322 g/mol. The number of hydrogen-bond acceptors (Lipinski definition) is 2. The summed E-state index contributed by atoms with van der Waals surface area (Å²) in [5.74, 6) is 10.1. The van der Waals surface area contributed by atoms with E-state index in [2.05, 4.69) is 31.2 Å². The molecule has 0 spiro atoms. The smallest absolute Gasteiger partial charge is 0.114 e. The lowest BCUT2D eigenvalue weighted by Crippen LogP contribution is -1.92. The summed E-state index contributed by atoms with van der Waals surface area (Å²) in [6.45, 7) is 2.21. The molecule has 24 heavy (non-hydrogen) atoms. The first-order valence-electron chi connectivity index (χ1n) is 9.97. The van der Waals surface area contributed by atoms with Crippen molar-refractivity contribution in [2.75, 3.05) is 0 Å². The summed E-state index contributed by atoms with van der Waals surface area (Å²) < 4.78 is 12.5. The number of hydrogen-bond donors (Lipinski definition) is 0. The van der Waals surface area contributed by atoms with E-state index in [0.29, 0.717) is 11.8 Å². The van der Waals surface area contributed by atoms with Gasteiger partial charge in [0.1, 0.15) is 23.0 Å². The van der Waals surface area contributed by atoms with Crippen LogP contribution >= 0.6 is 0 Å². The third kappa shape index (κ3) is 2.29. The summed E-state index contributed by atoms with van der Waals surface area (Å²) in [4.78, 5) is 0. The third-order valence-electron chi connectivity index (χ3n) is 7.01. The van der Waals surface area contributed by atoms with Gasteiger partial charge in [-0.05, 0) is 93.4 Å². The Morgan fingerprint density at radius 3 is 1.62 bits per heavy atom. The fourth-order valence-electron chi connectivity index (χ4n) is 4.92. The van der Waals surface area contributed by atoms with Gasteiger partial charge in [-0.2, -0.15) is 0 Å². The molecule has 0 saturated heterocycles. The molecule has 4 atom stereocenters. The lowest BCUT2D eigenvalue weighted by atomic mass is 10.1. The first-order chi connectivity index (χ1) is 11.8. The summed E-state index contributed by atoms with van der Waals surface area (Å²) >= 11 is 0. The third-order valence-corrected chi connectivity index (χ3v) is 7.01. The van der Waals surface area contributed by atoms with Crippen LogP contribution in [0.15, 0.2) is 33.1 Å². The minimum Gasteiger partial charge on any atom is -0.465 e. The summed E-state index contributed by atoms with van der Waals surface area (Å²) in [5, 5.41) is 0. The fourth-order valence-corrected chi connectivity index (χ4v) is 4.92. The highest BCUT2D eigenvalue weighted by Gasteiger charge is 2.50.